The molecule has 6 heteroatoms. The van der Waals surface area contributed by atoms with Gasteiger partial charge in [0.1, 0.15) is 0 Å². The maximum absolute atomic E-state index is 12.0. The van der Waals surface area contributed by atoms with Crippen molar-refractivity contribution in [1.29, 1.82) is 0 Å². The van der Waals surface area contributed by atoms with Gasteiger partial charge in [-0.25, -0.2) is 0 Å². The molecule has 2 aromatic carbocycles. The van der Waals surface area contributed by atoms with Crippen LogP contribution in [0.25, 0.3) is 10.1 Å². The van der Waals surface area contributed by atoms with Crippen LogP contribution in [0.5, 0.6) is 0 Å². The molecule has 0 bridgehead atoms. The monoisotopic (exact) mass is 368 g/mol. The van der Waals surface area contributed by atoms with Crippen molar-refractivity contribution in [2.75, 3.05) is 6.54 Å². The second-order valence-electron chi connectivity index (χ2n) is 6.02. The summed E-state index contributed by atoms with van der Waals surface area (Å²) in [5.41, 5.74) is 1.67. The predicted molar refractivity (Wildman–Crippen MR) is 103 cm³/mol. The van der Waals surface area contributed by atoms with Crippen LogP contribution in [0.3, 0.4) is 0 Å². The Labute approximate surface area is 155 Å². The third-order valence-electron chi connectivity index (χ3n) is 4.18. The van der Waals surface area contributed by atoms with Gasteiger partial charge >= 0.3 is 11.8 Å². The van der Waals surface area contributed by atoms with Crippen molar-refractivity contribution in [3.8, 4) is 0 Å². The summed E-state index contributed by atoms with van der Waals surface area (Å²) in [6.45, 7) is 1.79. The van der Waals surface area contributed by atoms with Gasteiger partial charge in [0, 0.05) is 16.8 Å². The average molecular weight is 368 g/mol. The van der Waals surface area contributed by atoms with Gasteiger partial charge in [0.25, 0.3) is 0 Å². The van der Waals surface area contributed by atoms with Gasteiger partial charge in [-0.15, -0.1) is 11.3 Å². The van der Waals surface area contributed by atoms with Crippen LogP contribution in [0.15, 0.2) is 60.0 Å². The Morgan fingerprint density at radius 3 is 2.50 bits per heavy atom. The summed E-state index contributed by atoms with van der Waals surface area (Å²) in [4.78, 5) is 24.1. The quantitative estimate of drug-likeness (QED) is 0.606. The number of nitrogens with one attached hydrogen (secondary N) is 2. The summed E-state index contributed by atoms with van der Waals surface area (Å²) >= 11 is 1.54. The van der Waals surface area contributed by atoms with Crippen molar-refractivity contribution in [2.24, 2.45) is 0 Å². The van der Waals surface area contributed by atoms with Gasteiger partial charge in [0.15, 0.2) is 0 Å². The first-order chi connectivity index (χ1) is 12.6. The fraction of sp³-hybridized carbons (Fsp3) is 0.200. The zero-order valence-corrected chi connectivity index (χ0v) is 15.1. The van der Waals surface area contributed by atoms with Crippen molar-refractivity contribution in [1.82, 2.24) is 10.6 Å². The van der Waals surface area contributed by atoms with E-state index in [1.165, 1.54) is 11.3 Å². The zero-order valence-electron chi connectivity index (χ0n) is 14.3. The molecule has 0 spiro atoms. The highest BCUT2D eigenvalue weighted by Crippen LogP contribution is 2.29. The van der Waals surface area contributed by atoms with Crippen LogP contribution in [0.4, 0.5) is 0 Å². The molecule has 0 aliphatic carbocycles. The van der Waals surface area contributed by atoms with Crippen LogP contribution in [0.1, 0.15) is 30.2 Å². The lowest BCUT2D eigenvalue weighted by Gasteiger charge is -2.15. The summed E-state index contributed by atoms with van der Waals surface area (Å²) < 4.78 is 1.07. The first-order valence-corrected chi connectivity index (χ1v) is 9.22. The number of rotatable bonds is 5. The minimum Gasteiger partial charge on any atom is -0.387 e. The summed E-state index contributed by atoms with van der Waals surface area (Å²) in [6, 6.07) is 16.9. The Hall–Kier alpha value is -2.70. The summed E-state index contributed by atoms with van der Waals surface area (Å²) in [6.07, 6.45) is -0.866. The molecule has 0 aliphatic rings. The second kappa shape index (κ2) is 8.12. The average Bonchev–Trinajstić information content (AvgIpc) is 3.10. The molecule has 26 heavy (non-hydrogen) atoms. The van der Waals surface area contributed by atoms with Gasteiger partial charge in [-0.05, 0) is 29.3 Å². The number of carbonyl (C=O) groups is 2. The molecule has 134 valence electrons. The number of thiophene rings is 1. The molecule has 5 nitrogen and oxygen atoms in total. The number of aliphatic hydroxyl groups is 1. The number of amides is 2. The third-order valence-corrected chi connectivity index (χ3v) is 5.16. The van der Waals surface area contributed by atoms with Gasteiger partial charge in [0.05, 0.1) is 12.1 Å². The Morgan fingerprint density at radius 1 is 1.04 bits per heavy atom. The number of hydrogen-bond acceptors (Lipinski definition) is 4. The lowest BCUT2D eigenvalue weighted by atomic mass is 10.1. The van der Waals surface area contributed by atoms with Crippen molar-refractivity contribution in [3.05, 3.63) is 71.1 Å². The molecular formula is C20H20N2O3S. The second-order valence-corrected chi connectivity index (χ2v) is 6.93. The molecule has 0 saturated carbocycles. The van der Waals surface area contributed by atoms with Crippen LogP contribution >= 0.6 is 11.3 Å². The molecule has 3 N–H and O–H groups in total. The molecule has 2 amide bonds. The third kappa shape index (κ3) is 4.09. The zero-order chi connectivity index (χ0) is 18.5. The standard InChI is InChI=1S/C20H20N2O3S/c1-13(14-7-3-2-4-8-14)22-20(25)19(24)21-11-17(23)16-12-26-18-10-6-5-9-15(16)18/h2-10,12-13,17,23H,11H2,1H3,(H,21,24)(H,22,25)/t13-,17+/m0/s1. The van der Waals surface area contributed by atoms with Crippen LogP contribution in [0, 0.1) is 0 Å². The molecule has 2 atom stereocenters. The number of carbonyl (C=O) groups excluding carboxylic acids is 2. The highest BCUT2D eigenvalue weighted by Gasteiger charge is 2.19. The van der Waals surface area contributed by atoms with E-state index >= 15 is 0 Å². The maximum atomic E-state index is 12.0. The van der Waals surface area contributed by atoms with E-state index < -0.39 is 17.9 Å². The summed E-state index contributed by atoms with van der Waals surface area (Å²) in [5.74, 6) is -1.48. The topological polar surface area (TPSA) is 78.4 Å². The Morgan fingerprint density at radius 2 is 1.73 bits per heavy atom. The van der Waals surface area contributed by atoms with Gasteiger partial charge in [-0.3, -0.25) is 9.59 Å². The molecule has 1 aromatic heterocycles. The van der Waals surface area contributed by atoms with E-state index in [0.29, 0.717) is 0 Å². The largest absolute Gasteiger partial charge is 0.387 e. The van der Waals surface area contributed by atoms with E-state index in [2.05, 4.69) is 10.6 Å². The minimum atomic E-state index is -0.866. The van der Waals surface area contributed by atoms with E-state index in [1.54, 1.807) is 0 Å². The van der Waals surface area contributed by atoms with Crippen molar-refractivity contribution in [3.63, 3.8) is 0 Å². The van der Waals surface area contributed by atoms with Gasteiger partial charge in [-0.1, -0.05) is 48.5 Å². The van der Waals surface area contributed by atoms with Gasteiger partial charge in [-0.2, -0.15) is 0 Å². The lowest BCUT2D eigenvalue weighted by Crippen LogP contribution is -2.42. The Bertz CT molecular complexity index is 908. The number of benzene rings is 2. The highest BCUT2D eigenvalue weighted by molar-refractivity contribution is 7.17. The first-order valence-electron chi connectivity index (χ1n) is 8.34. The van der Waals surface area contributed by atoms with Gasteiger partial charge in [0.2, 0.25) is 0 Å². The van der Waals surface area contributed by atoms with Crippen LogP contribution in [-0.4, -0.2) is 23.5 Å². The van der Waals surface area contributed by atoms with E-state index in [1.807, 2.05) is 66.9 Å². The molecule has 0 aliphatic heterocycles. The van der Waals surface area contributed by atoms with Crippen LogP contribution in [-0.2, 0) is 9.59 Å². The smallest absolute Gasteiger partial charge is 0.309 e. The molecule has 3 rings (SSSR count). The Kier molecular flexibility index (Phi) is 5.65. The Balaban J connectivity index is 1.55. The van der Waals surface area contributed by atoms with Crippen molar-refractivity contribution in [2.45, 2.75) is 19.1 Å². The molecule has 0 unspecified atom stereocenters. The molecule has 0 radical (unpaired) electrons. The summed E-state index contributed by atoms with van der Waals surface area (Å²) in [7, 11) is 0. The van der Waals surface area contributed by atoms with E-state index in [-0.39, 0.29) is 12.6 Å². The van der Waals surface area contributed by atoms with Crippen molar-refractivity contribution < 1.29 is 14.7 Å². The predicted octanol–water partition coefficient (Wildman–Crippen LogP) is 2.93. The number of fused-ring (bicyclic) bond motifs is 1. The molecular weight excluding hydrogens is 348 g/mol. The van der Waals surface area contributed by atoms with Crippen molar-refractivity contribution >= 4 is 33.2 Å². The van der Waals surface area contributed by atoms with Crippen LogP contribution < -0.4 is 10.6 Å². The van der Waals surface area contributed by atoms with E-state index in [9.17, 15) is 14.7 Å². The maximum Gasteiger partial charge on any atom is 0.309 e. The molecule has 1 heterocycles. The fourth-order valence-corrected chi connectivity index (χ4v) is 3.73. The molecule has 0 saturated heterocycles. The highest BCUT2D eigenvalue weighted by atomic mass is 32.1. The minimum absolute atomic E-state index is 0.0211. The SMILES string of the molecule is C[C@H](NC(=O)C(=O)NC[C@@H](O)c1csc2ccccc12)c1ccccc1. The normalized spacial score (nSPS) is 13.2. The molecule has 0 fully saturated rings. The fourth-order valence-electron chi connectivity index (χ4n) is 2.72. The summed E-state index contributed by atoms with van der Waals surface area (Å²) in [5, 5.41) is 18.3. The number of aliphatic hydroxyl groups excluding tert-OH is 1. The lowest BCUT2D eigenvalue weighted by molar-refractivity contribution is -0.139. The van der Waals surface area contributed by atoms with Crippen LogP contribution in [0.2, 0.25) is 0 Å². The number of hydrogen-bond donors (Lipinski definition) is 3. The first kappa shape index (κ1) is 18.1. The molecule has 3 aromatic rings. The van der Waals surface area contributed by atoms with E-state index in [0.717, 1.165) is 21.2 Å². The van der Waals surface area contributed by atoms with E-state index in [4.69, 9.17) is 0 Å². The van der Waals surface area contributed by atoms with Gasteiger partial charge < -0.3 is 15.7 Å².